The number of aliphatic hydroxyl groups excluding tert-OH is 1. The molecule has 2 unspecified atom stereocenters. The third-order valence-electron chi connectivity index (χ3n) is 2.68. The van der Waals surface area contributed by atoms with Gasteiger partial charge in [-0.15, -0.1) is 11.8 Å². The smallest absolute Gasteiger partial charge is 0.389 e. The van der Waals surface area contributed by atoms with Crippen molar-refractivity contribution >= 4 is 11.8 Å². The number of fused-ring (bicyclic) bond motifs is 1. The van der Waals surface area contributed by atoms with Gasteiger partial charge in [0.15, 0.2) is 0 Å². The van der Waals surface area contributed by atoms with Crippen LogP contribution in [0.15, 0.2) is 29.2 Å². The fraction of sp³-hybridized carbons (Fsp3) is 0.500. The largest absolute Gasteiger partial charge is 0.486 e. The van der Waals surface area contributed by atoms with Crippen LogP contribution < -0.4 is 4.74 Å². The van der Waals surface area contributed by atoms with Gasteiger partial charge >= 0.3 is 6.18 Å². The van der Waals surface area contributed by atoms with Crippen LogP contribution in [-0.4, -0.2) is 29.2 Å². The Labute approximate surface area is 107 Å². The number of halogens is 3. The summed E-state index contributed by atoms with van der Waals surface area (Å²) in [5.41, 5.74) is 0. The highest BCUT2D eigenvalue weighted by Crippen LogP contribution is 2.36. The van der Waals surface area contributed by atoms with Crippen LogP contribution in [-0.2, 0) is 0 Å². The number of hydrogen-bond acceptors (Lipinski definition) is 3. The molecular weight excluding hydrogens is 265 g/mol. The molecule has 1 aliphatic heterocycles. The summed E-state index contributed by atoms with van der Waals surface area (Å²) in [6.45, 7) is 0. The Kier molecular flexibility index (Phi) is 4.07. The average molecular weight is 278 g/mol. The summed E-state index contributed by atoms with van der Waals surface area (Å²) in [4.78, 5) is 0.955. The third-order valence-corrected chi connectivity index (χ3v) is 3.83. The lowest BCUT2D eigenvalue weighted by atomic mass is 10.1. The highest BCUT2D eigenvalue weighted by atomic mass is 32.2. The van der Waals surface area contributed by atoms with E-state index in [9.17, 15) is 18.3 Å². The number of rotatable bonds is 3. The molecule has 2 atom stereocenters. The second-order valence-corrected chi connectivity index (χ2v) is 5.20. The van der Waals surface area contributed by atoms with Crippen LogP contribution in [0.5, 0.6) is 5.75 Å². The number of aliphatic hydroxyl groups is 1. The van der Waals surface area contributed by atoms with Crippen molar-refractivity contribution in [2.45, 2.75) is 36.1 Å². The molecule has 0 aliphatic carbocycles. The average Bonchev–Trinajstić information content (AvgIpc) is 2.34. The topological polar surface area (TPSA) is 29.5 Å². The first kappa shape index (κ1) is 13.5. The van der Waals surface area contributed by atoms with Crippen LogP contribution in [0.4, 0.5) is 13.2 Å². The lowest BCUT2D eigenvalue weighted by Gasteiger charge is -2.29. The Balaban J connectivity index is 1.92. The van der Waals surface area contributed by atoms with Crippen molar-refractivity contribution in [2.75, 3.05) is 5.75 Å². The number of alkyl halides is 3. The number of benzene rings is 1. The summed E-state index contributed by atoms with van der Waals surface area (Å²) < 4.78 is 41.7. The molecule has 0 spiro atoms. The summed E-state index contributed by atoms with van der Waals surface area (Å²) in [5, 5.41) is 9.72. The monoisotopic (exact) mass is 278 g/mol. The molecule has 0 saturated heterocycles. The fourth-order valence-corrected chi connectivity index (χ4v) is 2.79. The van der Waals surface area contributed by atoms with Gasteiger partial charge in [-0.05, 0) is 18.6 Å². The van der Waals surface area contributed by atoms with E-state index in [2.05, 4.69) is 0 Å². The lowest BCUT2D eigenvalue weighted by Crippen LogP contribution is -2.36. The van der Waals surface area contributed by atoms with E-state index in [0.29, 0.717) is 11.5 Å². The second-order valence-electron chi connectivity index (χ2n) is 4.14. The zero-order valence-electron chi connectivity index (χ0n) is 9.48. The predicted molar refractivity (Wildman–Crippen MR) is 62.9 cm³/mol. The van der Waals surface area contributed by atoms with Crippen molar-refractivity contribution in [3.63, 3.8) is 0 Å². The predicted octanol–water partition coefficient (Wildman–Crippen LogP) is 3.24. The SMILES string of the molecule is OC(CCC(F)(F)F)C1CSc2ccccc2O1. The minimum Gasteiger partial charge on any atom is -0.486 e. The van der Waals surface area contributed by atoms with Gasteiger partial charge in [-0.3, -0.25) is 0 Å². The maximum Gasteiger partial charge on any atom is 0.389 e. The van der Waals surface area contributed by atoms with Gasteiger partial charge in [0.1, 0.15) is 11.9 Å². The summed E-state index contributed by atoms with van der Waals surface area (Å²) in [6.07, 6.45) is -7.21. The summed E-state index contributed by atoms with van der Waals surface area (Å²) in [7, 11) is 0. The maximum absolute atomic E-state index is 12.1. The zero-order valence-corrected chi connectivity index (χ0v) is 10.3. The molecule has 0 aromatic heterocycles. The van der Waals surface area contributed by atoms with Crippen molar-refractivity contribution in [2.24, 2.45) is 0 Å². The normalized spacial score (nSPS) is 21.0. The van der Waals surface area contributed by atoms with E-state index < -0.39 is 24.8 Å². The number of para-hydroxylation sites is 1. The molecule has 18 heavy (non-hydrogen) atoms. The first-order valence-corrected chi connectivity index (χ1v) is 6.57. The van der Waals surface area contributed by atoms with Gasteiger partial charge in [0.25, 0.3) is 0 Å². The van der Waals surface area contributed by atoms with Crippen molar-refractivity contribution in [3.8, 4) is 5.75 Å². The Bertz CT molecular complexity index is 409. The molecule has 0 fully saturated rings. The van der Waals surface area contributed by atoms with Crippen LogP contribution >= 0.6 is 11.8 Å². The van der Waals surface area contributed by atoms with Gasteiger partial charge in [0.2, 0.25) is 0 Å². The summed E-state index contributed by atoms with van der Waals surface area (Å²) in [6, 6.07) is 7.31. The highest BCUT2D eigenvalue weighted by molar-refractivity contribution is 7.99. The van der Waals surface area contributed by atoms with Gasteiger partial charge in [-0.1, -0.05) is 12.1 Å². The van der Waals surface area contributed by atoms with Gasteiger partial charge in [0, 0.05) is 17.1 Å². The maximum atomic E-state index is 12.1. The Morgan fingerprint density at radius 2 is 2.11 bits per heavy atom. The van der Waals surface area contributed by atoms with Gasteiger partial charge < -0.3 is 9.84 Å². The number of ether oxygens (including phenoxy) is 1. The van der Waals surface area contributed by atoms with Crippen LogP contribution in [0.3, 0.4) is 0 Å². The van der Waals surface area contributed by atoms with Gasteiger partial charge in [-0.2, -0.15) is 13.2 Å². The van der Waals surface area contributed by atoms with Crippen molar-refractivity contribution in [3.05, 3.63) is 24.3 Å². The quantitative estimate of drug-likeness (QED) is 0.920. The second kappa shape index (κ2) is 5.40. The van der Waals surface area contributed by atoms with Gasteiger partial charge in [-0.25, -0.2) is 0 Å². The van der Waals surface area contributed by atoms with Crippen LogP contribution in [0.1, 0.15) is 12.8 Å². The van der Waals surface area contributed by atoms with E-state index in [0.717, 1.165) is 4.90 Å². The minimum atomic E-state index is -4.24. The molecule has 1 aromatic carbocycles. The Morgan fingerprint density at radius 1 is 1.39 bits per heavy atom. The zero-order chi connectivity index (χ0) is 13.2. The van der Waals surface area contributed by atoms with Crippen LogP contribution in [0.2, 0.25) is 0 Å². The Morgan fingerprint density at radius 3 is 2.83 bits per heavy atom. The third kappa shape index (κ3) is 3.55. The standard InChI is InChI=1S/C12H13F3O2S/c13-12(14,15)6-5-8(16)10-7-18-11-4-2-1-3-9(11)17-10/h1-4,8,10,16H,5-7H2. The molecule has 1 heterocycles. The molecule has 0 saturated carbocycles. The van der Waals surface area contributed by atoms with Crippen molar-refractivity contribution in [1.82, 2.24) is 0 Å². The Hall–Kier alpha value is -0.880. The lowest BCUT2D eigenvalue weighted by molar-refractivity contribution is -0.142. The molecular formula is C12H13F3O2S. The molecule has 0 bridgehead atoms. The molecule has 2 nitrogen and oxygen atoms in total. The van der Waals surface area contributed by atoms with E-state index in [4.69, 9.17) is 4.74 Å². The minimum absolute atomic E-state index is 0.323. The number of thioether (sulfide) groups is 1. The van der Waals surface area contributed by atoms with E-state index in [-0.39, 0.29) is 6.42 Å². The van der Waals surface area contributed by atoms with Crippen LogP contribution in [0.25, 0.3) is 0 Å². The van der Waals surface area contributed by atoms with E-state index in [1.54, 1.807) is 12.1 Å². The van der Waals surface area contributed by atoms with Crippen molar-refractivity contribution < 1.29 is 23.0 Å². The van der Waals surface area contributed by atoms with Crippen molar-refractivity contribution in [1.29, 1.82) is 0 Å². The molecule has 6 heteroatoms. The molecule has 2 rings (SSSR count). The molecule has 1 aliphatic rings. The molecule has 1 N–H and O–H groups in total. The first-order chi connectivity index (χ1) is 8.46. The van der Waals surface area contributed by atoms with Crippen LogP contribution in [0, 0.1) is 0 Å². The summed E-state index contributed by atoms with van der Waals surface area (Å²) in [5.74, 6) is 1.10. The molecule has 0 radical (unpaired) electrons. The fourth-order valence-electron chi connectivity index (χ4n) is 1.72. The van der Waals surface area contributed by atoms with E-state index in [1.807, 2.05) is 12.1 Å². The number of hydrogen-bond donors (Lipinski definition) is 1. The first-order valence-electron chi connectivity index (χ1n) is 5.59. The van der Waals surface area contributed by atoms with E-state index >= 15 is 0 Å². The highest BCUT2D eigenvalue weighted by Gasteiger charge is 2.32. The summed E-state index contributed by atoms with van der Waals surface area (Å²) >= 11 is 1.49. The molecule has 1 aromatic rings. The molecule has 0 amide bonds. The molecule has 100 valence electrons. The van der Waals surface area contributed by atoms with Gasteiger partial charge in [0.05, 0.1) is 6.10 Å². The van der Waals surface area contributed by atoms with E-state index in [1.165, 1.54) is 11.8 Å².